The largest absolute Gasteiger partial charge is 0.293 e. The number of rotatable bonds is 6. The smallest absolute Gasteiger partial charge is 0.270 e. The van der Waals surface area contributed by atoms with Gasteiger partial charge >= 0.3 is 0 Å². The topological polar surface area (TPSA) is 103 Å². The molecule has 2 heterocycles. The fourth-order valence-corrected chi connectivity index (χ4v) is 4.46. The van der Waals surface area contributed by atoms with Crippen LogP contribution in [0.1, 0.15) is 10.4 Å². The molecule has 5 rings (SSSR count). The van der Waals surface area contributed by atoms with Gasteiger partial charge in [-0.3, -0.25) is 14.9 Å². The lowest BCUT2D eigenvalue weighted by Crippen LogP contribution is -2.05. The quantitative estimate of drug-likeness (QED) is 0.0945. The number of non-ortho nitro benzene ring substituents is 1. The van der Waals surface area contributed by atoms with Crippen LogP contribution in [0, 0.1) is 10.1 Å². The number of carbonyl (C=O) groups excluding carboxylic acids is 1. The molecule has 0 unspecified atom stereocenters. The van der Waals surface area contributed by atoms with Gasteiger partial charge in [-0.25, -0.2) is 9.97 Å². The van der Waals surface area contributed by atoms with E-state index in [0.29, 0.717) is 27.8 Å². The van der Waals surface area contributed by atoms with Crippen molar-refractivity contribution in [2.75, 3.05) is 5.75 Å². The van der Waals surface area contributed by atoms with Gasteiger partial charge in [0.15, 0.2) is 22.4 Å². The fraction of sp³-hybridized carbons (Fsp3) is 0.0435. The molecule has 0 aliphatic carbocycles. The van der Waals surface area contributed by atoms with Gasteiger partial charge in [-0.1, -0.05) is 64.1 Å². The minimum Gasteiger partial charge on any atom is -0.293 e. The summed E-state index contributed by atoms with van der Waals surface area (Å²) in [7, 11) is 0. The van der Waals surface area contributed by atoms with E-state index >= 15 is 0 Å². The molecule has 0 amide bonds. The molecule has 10 heteroatoms. The van der Waals surface area contributed by atoms with Crippen LogP contribution in [0.4, 0.5) is 5.69 Å². The van der Waals surface area contributed by atoms with Crippen LogP contribution in [-0.4, -0.2) is 36.0 Å². The summed E-state index contributed by atoms with van der Waals surface area (Å²) in [5.41, 5.74) is 2.39. The van der Waals surface area contributed by atoms with Crippen molar-refractivity contribution in [2.45, 2.75) is 5.16 Å². The predicted molar refractivity (Wildman–Crippen MR) is 130 cm³/mol. The Hall–Kier alpha value is -3.63. The molecule has 0 radical (unpaired) electrons. The van der Waals surface area contributed by atoms with Crippen LogP contribution in [0.3, 0.4) is 0 Å². The monoisotopic (exact) mass is 519 g/mol. The van der Waals surface area contributed by atoms with Crippen molar-refractivity contribution in [3.63, 3.8) is 0 Å². The Balaban J connectivity index is 1.56. The number of hydrogen-bond acceptors (Lipinski definition) is 7. The summed E-state index contributed by atoms with van der Waals surface area (Å²) in [5.74, 6) is 0.487. The van der Waals surface area contributed by atoms with Crippen molar-refractivity contribution in [1.82, 2.24) is 19.6 Å². The SMILES string of the molecule is O=C(CSc1nc2ccccc2c2nc(-c3cccc([N+](=O)[O-])c3)nn12)c1ccc(Br)cc1. The standard InChI is InChI=1S/C23H14BrN5O3S/c24-16-10-8-14(9-11-16)20(30)13-33-23-25-19-7-2-1-6-18(19)22-26-21(27-28(22)23)15-4-3-5-17(12-15)29(31)32/h1-12H,13H2. The maximum absolute atomic E-state index is 12.7. The third kappa shape index (κ3) is 4.22. The van der Waals surface area contributed by atoms with Crippen molar-refractivity contribution in [3.8, 4) is 11.4 Å². The van der Waals surface area contributed by atoms with E-state index in [1.54, 1.807) is 28.8 Å². The highest BCUT2D eigenvalue weighted by atomic mass is 79.9. The van der Waals surface area contributed by atoms with Crippen molar-refractivity contribution >= 4 is 55.7 Å². The van der Waals surface area contributed by atoms with Crippen molar-refractivity contribution in [1.29, 1.82) is 0 Å². The molecule has 162 valence electrons. The number of nitrogens with zero attached hydrogens (tertiary/aromatic N) is 5. The molecule has 0 aliphatic rings. The molecule has 8 nitrogen and oxygen atoms in total. The van der Waals surface area contributed by atoms with E-state index < -0.39 is 4.92 Å². The highest BCUT2D eigenvalue weighted by molar-refractivity contribution is 9.10. The fourth-order valence-electron chi connectivity index (χ4n) is 3.35. The molecule has 0 bridgehead atoms. The Kier molecular flexibility index (Phi) is 5.61. The zero-order valence-electron chi connectivity index (χ0n) is 16.9. The number of carbonyl (C=O) groups is 1. The number of benzene rings is 3. The first-order valence-corrected chi connectivity index (χ1v) is 11.6. The minimum absolute atomic E-state index is 0.0327. The van der Waals surface area contributed by atoms with Crippen molar-refractivity contribution in [2.24, 2.45) is 0 Å². The van der Waals surface area contributed by atoms with E-state index in [1.165, 1.54) is 23.9 Å². The lowest BCUT2D eigenvalue weighted by molar-refractivity contribution is -0.384. The number of nitro groups is 1. The molecule has 3 aromatic carbocycles. The number of ketones is 1. The lowest BCUT2D eigenvalue weighted by Gasteiger charge is -2.06. The van der Waals surface area contributed by atoms with Crippen LogP contribution in [0.2, 0.25) is 0 Å². The number of Topliss-reactive ketones (excluding diaryl/α,β-unsaturated/α-hetero) is 1. The summed E-state index contributed by atoms with van der Waals surface area (Å²) in [4.78, 5) is 32.8. The van der Waals surface area contributed by atoms with Gasteiger partial charge in [-0.15, -0.1) is 5.10 Å². The molecule has 0 saturated carbocycles. The van der Waals surface area contributed by atoms with E-state index in [1.807, 2.05) is 36.4 Å². The average molecular weight is 520 g/mol. The summed E-state index contributed by atoms with van der Waals surface area (Å²) < 4.78 is 2.50. The number of hydrogen-bond donors (Lipinski definition) is 0. The summed E-state index contributed by atoms with van der Waals surface area (Å²) >= 11 is 4.64. The Labute approximate surface area is 200 Å². The van der Waals surface area contributed by atoms with E-state index in [2.05, 4.69) is 26.0 Å². The first kappa shape index (κ1) is 21.2. The van der Waals surface area contributed by atoms with Crippen LogP contribution in [0.25, 0.3) is 27.9 Å². The molecule has 0 saturated heterocycles. The van der Waals surface area contributed by atoms with Gasteiger partial charge in [-0.05, 0) is 24.3 Å². The first-order valence-electron chi connectivity index (χ1n) is 9.81. The molecule has 0 atom stereocenters. The van der Waals surface area contributed by atoms with E-state index in [0.717, 1.165) is 15.4 Å². The maximum Gasteiger partial charge on any atom is 0.270 e. The normalized spacial score (nSPS) is 11.2. The first-order chi connectivity index (χ1) is 16.0. The van der Waals surface area contributed by atoms with Crippen LogP contribution in [0.15, 0.2) is 82.4 Å². The van der Waals surface area contributed by atoms with Crippen LogP contribution in [-0.2, 0) is 0 Å². The summed E-state index contributed by atoms with van der Waals surface area (Å²) in [5, 5.41) is 17.1. The predicted octanol–water partition coefficient (Wildman–Crippen LogP) is 5.59. The Morgan fingerprint density at radius 3 is 2.61 bits per heavy atom. The summed E-state index contributed by atoms with van der Waals surface area (Å²) in [6.45, 7) is 0. The maximum atomic E-state index is 12.7. The van der Waals surface area contributed by atoms with Crippen LogP contribution in [0.5, 0.6) is 0 Å². The highest BCUT2D eigenvalue weighted by Crippen LogP contribution is 2.28. The lowest BCUT2D eigenvalue weighted by atomic mass is 10.2. The highest BCUT2D eigenvalue weighted by Gasteiger charge is 2.17. The molecule has 0 spiro atoms. The van der Waals surface area contributed by atoms with Crippen molar-refractivity contribution in [3.05, 3.63) is 92.9 Å². The minimum atomic E-state index is -0.453. The molecule has 0 aliphatic heterocycles. The zero-order chi connectivity index (χ0) is 22.9. The number of halogens is 1. The Morgan fingerprint density at radius 1 is 1.03 bits per heavy atom. The number of fused-ring (bicyclic) bond motifs is 3. The Bertz CT molecular complexity index is 1540. The summed E-state index contributed by atoms with van der Waals surface area (Å²) in [6, 6.07) is 20.9. The third-order valence-electron chi connectivity index (χ3n) is 4.96. The van der Waals surface area contributed by atoms with Crippen LogP contribution < -0.4 is 0 Å². The van der Waals surface area contributed by atoms with Gasteiger partial charge in [0.25, 0.3) is 5.69 Å². The second-order valence-corrected chi connectivity index (χ2v) is 8.97. The molecule has 2 aromatic heterocycles. The molecular weight excluding hydrogens is 506 g/mol. The number of para-hydroxylation sites is 1. The van der Waals surface area contributed by atoms with Gasteiger partial charge in [-0.2, -0.15) is 4.52 Å². The van der Waals surface area contributed by atoms with E-state index in [9.17, 15) is 14.9 Å². The van der Waals surface area contributed by atoms with Gasteiger partial charge in [0.1, 0.15) is 0 Å². The number of nitro benzene ring substituents is 1. The molecule has 33 heavy (non-hydrogen) atoms. The summed E-state index contributed by atoms with van der Waals surface area (Å²) in [6.07, 6.45) is 0. The van der Waals surface area contributed by atoms with Gasteiger partial charge in [0.05, 0.1) is 16.2 Å². The molecular formula is C23H14BrN5O3S. The number of aromatic nitrogens is 4. The molecule has 5 aromatic rings. The van der Waals surface area contributed by atoms with Crippen LogP contribution >= 0.6 is 27.7 Å². The second kappa shape index (κ2) is 8.72. The van der Waals surface area contributed by atoms with Gasteiger partial charge in [0.2, 0.25) is 0 Å². The number of thioether (sulfide) groups is 1. The Morgan fingerprint density at radius 2 is 1.82 bits per heavy atom. The van der Waals surface area contributed by atoms with E-state index in [-0.39, 0.29) is 17.2 Å². The average Bonchev–Trinajstić information content (AvgIpc) is 3.29. The third-order valence-corrected chi connectivity index (χ3v) is 6.42. The molecule has 0 fully saturated rings. The second-order valence-electron chi connectivity index (χ2n) is 7.11. The van der Waals surface area contributed by atoms with E-state index in [4.69, 9.17) is 4.98 Å². The zero-order valence-corrected chi connectivity index (χ0v) is 19.3. The van der Waals surface area contributed by atoms with Gasteiger partial charge in [0, 0.05) is 33.1 Å². The van der Waals surface area contributed by atoms with Gasteiger partial charge < -0.3 is 0 Å². The van der Waals surface area contributed by atoms with Crippen molar-refractivity contribution < 1.29 is 9.72 Å². The molecule has 0 N–H and O–H groups in total.